The Labute approximate surface area is 144 Å². The third-order valence-electron chi connectivity index (χ3n) is 4.37. The van der Waals surface area contributed by atoms with Gasteiger partial charge in [-0.05, 0) is 18.1 Å². The summed E-state index contributed by atoms with van der Waals surface area (Å²) in [5, 5.41) is 5.39. The molecular formula is C17H23F4N3O. The highest BCUT2D eigenvalue weighted by Crippen LogP contribution is 2.25. The van der Waals surface area contributed by atoms with Gasteiger partial charge in [-0.2, -0.15) is 13.2 Å². The van der Waals surface area contributed by atoms with Crippen molar-refractivity contribution in [2.45, 2.75) is 25.6 Å². The van der Waals surface area contributed by atoms with Gasteiger partial charge in [-0.1, -0.05) is 25.1 Å². The first kappa shape index (κ1) is 19.7. The lowest BCUT2D eigenvalue weighted by molar-refractivity contribution is -0.184. The molecule has 2 unspecified atom stereocenters. The van der Waals surface area contributed by atoms with E-state index in [-0.39, 0.29) is 19.5 Å². The molecule has 0 bridgehead atoms. The molecular weight excluding hydrogens is 338 g/mol. The number of hydrogen-bond acceptors (Lipinski definition) is 3. The fourth-order valence-corrected chi connectivity index (χ4v) is 2.90. The Hall–Kier alpha value is -1.67. The predicted octanol–water partition coefficient (Wildman–Crippen LogP) is 1.96. The van der Waals surface area contributed by atoms with Crippen LogP contribution in [0.15, 0.2) is 24.3 Å². The summed E-state index contributed by atoms with van der Waals surface area (Å²) < 4.78 is 53.5. The van der Waals surface area contributed by atoms with Crippen molar-refractivity contribution in [1.29, 1.82) is 0 Å². The van der Waals surface area contributed by atoms with E-state index in [0.717, 1.165) is 0 Å². The van der Waals surface area contributed by atoms with E-state index in [9.17, 15) is 22.4 Å². The highest BCUT2D eigenvalue weighted by Gasteiger charge is 2.43. The Kier molecular flexibility index (Phi) is 6.78. The van der Waals surface area contributed by atoms with Crippen LogP contribution in [0.4, 0.5) is 17.6 Å². The monoisotopic (exact) mass is 361 g/mol. The van der Waals surface area contributed by atoms with Crippen LogP contribution in [-0.2, 0) is 11.2 Å². The van der Waals surface area contributed by atoms with E-state index >= 15 is 0 Å². The molecule has 1 aliphatic rings. The average Bonchev–Trinajstić information content (AvgIpc) is 2.56. The van der Waals surface area contributed by atoms with Crippen molar-refractivity contribution >= 4 is 5.91 Å². The Bertz CT molecular complexity index is 573. The lowest BCUT2D eigenvalue weighted by Crippen LogP contribution is -2.57. The third-order valence-corrected chi connectivity index (χ3v) is 4.37. The van der Waals surface area contributed by atoms with Gasteiger partial charge >= 0.3 is 6.18 Å². The molecule has 1 fully saturated rings. The van der Waals surface area contributed by atoms with E-state index in [2.05, 4.69) is 10.6 Å². The molecule has 0 aromatic heterocycles. The van der Waals surface area contributed by atoms with Crippen molar-refractivity contribution in [3.05, 3.63) is 35.6 Å². The minimum Gasteiger partial charge on any atom is -0.354 e. The molecule has 0 radical (unpaired) electrons. The van der Waals surface area contributed by atoms with Gasteiger partial charge in [-0.25, -0.2) is 4.39 Å². The van der Waals surface area contributed by atoms with Crippen LogP contribution in [0.1, 0.15) is 12.5 Å². The first-order valence-corrected chi connectivity index (χ1v) is 8.31. The van der Waals surface area contributed by atoms with Crippen LogP contribution in [0.5, 0.6) is 0 Å². The van der Waals surface area contributed by atoms with Gasteiger partial charge < -0.3 is 10.6 Å². The van der Waals surface area contributed by atoms with Crippen molar-refractivity contribution in [3.8, 4) is 0 Å². The highest BCUT2D eigenvalue weighted by atomic mass is 19.4. The number of hydrogen-bond donors (Lipinski definition) is 2. The zero-order chi connectivity index (χ0) is 18.4. The molecule has 0 aliphatic carbocycles. The number of nitrogens with zero attached hydrogens (tertiary/aromatic N) is 1. The van der Waals surface area contributed by atoms with Crippen molar-refractivity contribution in [1.82, 2.24) is 15.5 Å². The molecule has 1 saturated heterocycles. The maximum atomic E-state index is 13.6. The second kappa shape index (κ2) is 8.62. The lowest BCUT2D eigenvalue weighted by atomic mass is 10.00. The number of nitrogens with one attached hydrogen (secondary N) is 2. The van der Waals surface area contributed by atoms with Gasteiger partial charge in [0.2, 0.25) is 5.91 Å². The fraction of sp³-hybridized carbons (Fsp3) is 0.588. The molecule has 2 rings (SSSR count). The molecule has 2 N–H and O–H groups in total. The van der Waals surface area contributed by atoms with Gasteiger partial charge in [-0.15, -0.1) is 0 Å². The Balaban J connectivity index is 1.92. The predicted molar refractivity (Wildman–Crippen MR) is 86.6 cm³/mol. The van der Waals surface area contributed by atoms with Crippen LogP contribution in [0.25, 0.3) is 0 Å². The Morgan fingerprint density at radius 3 is 2.52 bits per heavy atom. The molecule has 1 aromatic carbocycles. The number of rotatable bonds is 6. The molecule has 8 heteroatoms. The summed E-state index contributed by atoms with van der Waals surface area (Å²) in [6, 6.07) is 4.36. The van der Waals surface area contributed by atoms with Crippen LogP contribution in [-0.4, -0.2) is 55.7 Å². The zero-order valence-corrected chi connectivity index (χ0v) is 14.1. The van der Waals surface area contributed by atoms with Crippen molar-refractivity contribution in [2.24, 2.45) is 5.92 Å². The van der Waals surface area contributed by atoms with Gasteiger partial charge in [0.1, 0.15) is 11.9 Å². The number of carbonyl (C=O) groups excluding carboxylic acids is 1. The van der Waals surface area contributed by atoms with Crippen molar-refractivity contribution in [3.63, 3.8) is 0 Å². The van der Waals surface area contributed by atoms with Crippen LogP contribution in [0.2, 0.25) is 0 Å². The molecule has 4 nitrogen and oxygen atoms in total. The standard InChI is InChI=1S/C17H23F4N3O/c1-12(10-13-4-2-3-5-14(13)18)16(25)23-11-15(17(19,20)21)24-8-6-22-7-9-24/h2-5,12,15,22H,6-11H2,1H3,(H,23,25). The van der Waals surface area contributed by atoms with E-state index < -0.39 is 36.4 Å². The van der Waals surface area contributed by atoms with Crippen LogP contribution < -0.4 is 10.6 Å². The van der Waals surface area contributed by atoms with Gasteiger partial charge in [0.25, 0.3) is 0 Å². The maximum absolute atomic E-state index is 13.6. The summed E-state index contributed by atoms with van der Waals surface area (Å²) in [5.74, 6) is -1.54. The quantitative estimate of drug-likeness (QED) is 0.762. The number of alkyl halides is 3. The first-order chi connectivity index (χ1) is 11.8. The van der Waals surface area contributed by atoms with Crippen molar-refractivity contribution in [2.75, 3.05) is 32.7 Å². The van der Waals surface area contributed by atoms with E-state index in [4.69, 9.17) is 0 Å². The van der Waals surface area contributed by atoms with E-state index in [1.807, 2.05) is 0 Å². The minimum absolute atomic E-state index is 0.142. The molecule has 1 aliphatic heterocycles. The van der Waals surface area contributed by atoms with Crippen LogP contribution >= 0.6 is 0 Å². The van der Waals surface area contributed by atoms with E-state index in [1.165, 1.54) is 11.0 Å². The summed E-state index contributed by atoms with van der Waals surface area (Å²) in [6.45, 7) is 2.63. The van der Waals surface area contributed by atoms with Crippen LogP contribution in [0.3, 0.4) is 0 Å². The number of halogens is 4. The molecule has 1 amide bonds. The normalized spacial score (nSPS) is 18.6. The SMILES string of the molecule is CC(Cc1ccccc1F)C(=O)NCC(N1CCNCC1)C(F)(F)F. The average molecular weight is 361 g/mol. The number of piperazine rings is 1. The highest BCUT2D eigenvalue weighted by molar-refractivity contribution is 5.78. The van der Waals surface area contributed by atoms with E-state index in [1.54, 1.807) is 25.1 Å². The van der Waals surface area contributed by atoms with Gasteiger partial charge in [-0.3, -0.25) is 9.69 Å². The Morgan fingerprint density at radius 2 is 1.92 bits per heavy atom. The largest absolute Gasteiger partial charge is 0.405 e. The number of amides is 1. The zero-order valence-electron chi connectivity index (χ0n) is 14.1. The maximum Gasteiger partial charge on any atom is 0.405 e. The van der Waals surface area contributed by atoms with Crippen LogP contribution in [0, 0.1) is 11.7 Å². The number of benzene rings is 1. The second-order valence-corrected chi connectivity index (χ2v) is 6.29. The van der Waals surface area contributed by atoms with Gasteiger partial charge in [0, 0.05) is 38.6 Å². The molecule has 0 spiro atoms. The Morgan fingerprint density at radius 1 is 1.28 bits per heavy atom. The van der Waals surface area contributed by atoms with Gasteiger partial charge in [0.15, 0.2) is 0 Å². The molecule has 1 aromatic rings. The first-order valence-electron chi connectivity index (χ1n) is 8.31. The third kappa shape index (κ3) is 5.67. The second-order valence-electron chi connectivity index (χ2n) is 6.29. The summed E-state index contributed by atoms with van der Waals surface area (Å²) >= 11 is 0. The lowest BCUT2D eigenvalue weighted by Gasteiger charge is -2.36. The van der Waals surface area contributed by atoms with Gasteiger partial charge in [0.05, 0.1) is 0 Å². The summed E-state index contributed by atoms with van der Waals surface area (Å²) in [6.07, 6.45) is -4.28. The topological polar surface area (TPSA) is 44.4 Å². The molecule has 1 heterocycles. The van der Waals surface area contributed by atoms with E-state index in [0.29, 0.717) is 18.7 Å². The summed E-state index contributed by atoms with van der Waals surface area (Å²) in [4.78, 5) is 13.5. The molecule has 140 valence electrons. The molecule has 0 saturated carbocycles. The minimum atomic E-state index is -4.42. The molecule has 25 heavy (non-hydrogen) atoms. The number of carbonyl (C=O) groups is 1. The summed E-state index contributed by atoms with van der Waals surface area (Å²) in [5.41, 5.74) is 0.375. The summed E-state index contributed by atoms with van der Waals surface area (Å²) in [7, 11) is 0. The van der Waals surface area contributed by atoms with Crippen molar-refractivity contribution < 1.29 is 22.4 Å². The smallest absolute Gasteiger partial charge is 0.354 e. The molecule has 2 atom stereocenters. The fourth-order valence-electron chi connectivity index (χ4n) is 2.90.